The Kier molecular flexibility index (Phi) is 7.13. The van der Waals surface area contributed by atoms with Crippen molar-refractivity contribution in [2.24, 2.45) is 0 Å². The molecule has 3 aromatic rings. The lowest BCUT2D eigenvalue weighted by Gasteiger charge is -2.08. The molecule has 2 aromatic heterocycles. The summed E-state index contributed by atoms with van der Waals surface area (Å²) in [5, 5.41) is 6.12. The van der Waals surface area contributed by atoms with Gasteiger partial charge in [0.1, 0.15) is 10.8 Å². The van der Waals surface area contributed by atoms with Crippen molar-refractivity contribution in [2.75, 3.05) is 5.32 Å². The minimum Gasteiger partial charge on any atom is -0.461 e. The van der Waals surface area contributed by atoms with E-state index in [0.29, 0.717) is 24.4 Å². The van der Waals surface area contributed by atoms with Crippen LogP contribution in [0.1, 0.15) is 45.3 Å². The van der Waals surface area contributed by atoms with Crippen LogP contribution >= 0.6 is 11.5 Å². The first-order chi connectivity index (χ1) is 15.1. The lowest BCUT2D eigenvalue weighted by atomic mass is 10.1. The van der Waals surface area contributed by atoms with Gasteiger partial charge in [-0.15, -0.1) is 5.10 Å². The minimum atomic E-state index is -4.65. The fourth-order valence-electron chi connectivity index (χ4n) is 2.65. The third kappa shape index (κ3) is 6.06. The summed E-state index contributed by atoms with van der Waals surface area (Å²) in [6, 6.07) is 7.20. The van der Waals surface area contributed by atoms with Crippen molar-refractivity contribution in [2.45, 2.75) is 32.3 Å². The third-order valence-electron chi connectivity index (χ3n) is 4.17. The Morgan fingerprint density at radius 3 is 2.56 bits per heavy atom. The standard InChI is InChI=1S/C20H16F4N4O3S/c1-11(21)31-15-5-2-12(3-6-15)4-7-16(29)17-19(32-28-27-17)26-18(30)13-8-14(10-25-9-13)20(22,23)24/h2-3,5-6,8-11H,4,7H2,1H3,(H,26,30). The molecule has 7 nitrogen and oxygen atoms in total. The predicted octanol–water partition coefficient (Wildman–Crippen LogP) is 4.71. The van der Waals surface area contributed by atoms with E-state index in [2.05, 4.69) is 19.9 Å². The topological polar surface area (TPSA) is 94.1 Å². The van der Waals surface area contributed by atoms with Crippen LogP contribution < -0.4 is 10.1 Å². The number of pyridine rings is 1. The second kappa shape index (κ2) is 9.81. The highest BCUT2D eigenvalue weighted by Gasteiger charge is 2.31. The van der Waals surface area contributed by atoms with Crippen molar-refractivity contribution in [3.05, 3.63) is 65.1 Å². The molecule has 1 unspecified atom stereocenters. The number of nitrogens with one attached hydrogen (secondary N) is 1. The van der Waals surface area contributed by atoms with Gasteiger partial charge in [-0.1, -0.05) is 16.6 Å². The van der Waals surface area contributed by atoms with Gasteiger partial charge in [0.15, 0.2) is 11.5 Å². The molecule has 1 amide bonds. The quantitative estimate of drug-likeness (QED) is 0.380. The van der Waals surface area contributed by atoms with Crippen LogP contribution in [0.15, 0.2) is 42.7 Å². The smallest absolute Gasteiger partial charge is 0.417 e. The van der Waals surface area contributed by atoms with Gasteiger partial charge in [0.05, 0.1) is 11.1 Å². The monoisotopic (exact) mass is 468 g/mol. The van der Waals surface area contributed by atoms with Crippen molar-refractivity contribution >= 4 is 28.2 Å². The highest BCUT2D eigenvalue weighted by molar-refractivity contribution is 7.10. The fourth-order valence-corrected chi connectivity index (χ4v) is 3.23. The van der Waals surface area contributed by atoms with Gasteiger partial charge in [0.2, 0.25) is 6.36 Å². The van der Waals surface area contributed by atoms with Crippen LogP contribution in [0.4, 0.5) is 22.6 Å². The van der Waals surface area contributed by atoms with Crippen LogP contribution in [0.3, 0.4) is 0 Å². The maximum atomic E-state index is 12.8. The minimum absolute atomic E-state index is 0.0260. The van der Waals surface area contributed by atoms with Crippen molar-refractivity contribution < 1.29 is 31.9 Å². The van der Waals surface area contributed by atoms with Crippen molar-refractivity contribution in [3.63, 3.8) is 0 Å². The molecule has 1 N–H and O–H groups in total. The molecular weight excluding hydrogens is 452 g/mol. The molecule has 0 bridgehead atoms. The Morgan fingerprint density at radius 2 is 1.91 bits per heavy atom. The number of benzene rings is 1. The van der Waals surface area contributed by atoms with Gasteiger partial charge in [-0.2, -0.15) is 13.2 Å². The van der Waals surface area contributed by atoms with Crippen LogP contribution in [0.5, 0.6) is 5.75 Å². The SMILES string of the molecule is CC(F)Oc1ccc(CCC(=O)c2nnsc2NC(=O)c2cncc(C(F)(F)F)c2)cc1. The Balaban J connectivity index is 1.63. The van der Waals surface area contributed by atoms with E-state index in [4.69, 9.17) is 4.74 Å². The molecule has 0 saturated heterocycles. The summed E-state index contributed by atoms with van der Waals surface area (Å²) in [5.41, 5.74) is -0.687. The van der Waals surface area contributed by atoms with E-state index in [0.717, 1.165) is 23.3 Å². The number of ketones is 1. The number of rotatable bonds is 8. The van der Waals surface area contributed by atoms with Gasteiger partial charge in [0, 0.05) is 37.3 Å². The fraction of sp³-hybridized carbons (Fsp3) is 0.250. The predicted molar refractivity (Wildman–Crippen MR) is 107 cm³/mol. The summed E-state index contributed by atoms with van der Waals surface area (Å²) in [6.07, 6.45) is -4.12. The number of Topliss-reactive ketones (excluding diaryl/α,β-unsaturated/α-hetero) is 1. The number of aryl methyl sites for hydroxylation is 1. The van der Waals surface area contributed by atoms with Gasteiger partial charge in [-0.05, 0) is 30.2 Å². The van der Waals surface area contributed by atoms with Crippen LogP contribution in [0.25, 0.3) is 0 Å². The molecule has 0 fully saturated rings. The van der Waals surface area contributed by atoms with Crippen LogP contribution in [0, 0.1) is 0 Å². The Morgan fingerprint density at radius 1 is 1.19 bits per heavy atom. The molecular formula is C20H16F4N4O3S. The Labute approximate surface area is 183 Å². The molecule has 32 heavy (non-hydrogen) atoms. The zero-order valence-corrected chi connectivity index (χ0v) is 17.3. The van der Waals surface area contributed by atoms with E-state index in [9.17, 15) is 27.2 Å². The van der Waals surface area contributed by atoms with E-state index in [1.165, 1.54) is 6.92 Å². The van der Waals surface area contributed by atoms with Crippen molar-refractivity contribution in [1.82, 2.24) is 14.6 Å². The number of carbonyl (C=O) groups is 2. The van der Waals surface area contributed by atoms with Crippen LogP contribution in [-0.2, 0) is 12.6 Å². The first-order valence-electron chi connectivity index (χ1n) is 9.22. The number of hydrogen-bond acceptors (Lipinski definition) is 7. The second-order valence-corrected chi connectivity index (χ2v) is 7.35. The highest BCUT2D eigenvalue weighted by Crippen LogP contribution is 2.29. The first-order valence-corrected chi connectivity index (χ1v) is 9.99. The number of halogens is 4. The number of alkyl halides is 4. The number of aromatic nitrogens is 3. The maximum Gasteiger partial charge on any atom is 0.417 e. The molecule has 1 atom stereocenters. The van der Waals surface area contributed by atoms with E-state index in [-0.39, 0.29) is 22.7 Å². The number of ether oxygens (including phenoxy) is 1. The number of hydrogen-bond donors (Lipinski definition) is 1. The largest absolute Gasteiger partial charge is 0.461 e. The van der Waals surface area contributed by atoms with E-state index in [1.807, 2.05) is 0 Å². The number of anilines is 1. The molecule has 0 spiro atoms. The summed E-state index contributed by atoms with van der Waals surface area (Å²) in [7, 11) is 0. The average Bonchev–Trinajstić information content (AvgIpc) is 3.20. The van der Waals surface area contributed by atoms with E-state index in [1.54, 1.807) is 24.3 Å². The summed E-state index contributed by atoms with van der Waals surface area (Å²) in [4.78, 5) is 28.3. The summed E-state index contributed by atoms with van der Waals surface area (Å²) >= 11 is 0.731. The summed E-state index contributed by atoms with van der Waals surface area (Å²) in [6.45, 7) is 1.26. The molecule has 0 saturated carbocycles. The first kappa shape index (κ1) is 23.3. The lowest BCUT2D eigenvalue weighted by Crippen LogP contribution is -2.16. The van der Waals surface area contributed by atoms with Gasteiger partial charge in [-0.3, -0.25) is 14.6 Å². The molecule has 12 heteroatoms. The molecule has 1 aromatic carbocycles. The molecule has 168 valence electrons. The molecule has 0 aliphatic rings. The van der Waals surface area contributed by atoms with E-state index >= 15 is 0 Å². The summed E-state index contributed by atoms with van der Waals surface area (Å²) < 4.78 is 59.9. The average molecular weight is 468 g/mol. The molecule has 0 radical (unpaired) electrons. The van der Waals surface area contributed by atoms with Gasteiger partial charge < -0.3 is 10.1 Å². The van der Waals surface area contributed by atoms with Crippen LogP contribution in [-0.4, -0.2) is 32.6 Å². The lowest BCUT2D eigenvalue weighted by molar-refractivity contribution is -0.137. The second-order valence-electron chi connectivity index (χ2n) is 6.59. The van der Waals surface area contributed by atoms with Gasteiger partial charge in [-0.25, -0.2) is 4.39 Å². The molecule has 0 aliphatic heterocycles. The molecule has 2 heterocycles. The zero-order valence-electron chi connectivity index (χ0n) is 16.5. The third-order valence-corrected chi connectivity index (χ3v) is 4.81. The Hall–Kier alpha value is -3.41. The van der Waals surface area contributed by atoms with Crippen LogP contribution in [0.2, 0.25) is 0 Å². The van der Waals surface area contributed by atoms with Crippen molar-refractivity contribution in [1.29, 1.82) is 0 Å². The van der Waals surface area contributed by atoms with E-state index < -0.39 is 29.8 Å². The maximum absolute atomic E-state index is 12.8. The van der Waals surface area contributed by atoms with Crippen molar-refractivity contribution in [3.8, 4) is 5.75 Å². The number of carbonyl (C=O) groups excluding carboxylic acids is 2. The molecule has 0 aliphatic carbocycles. The zero-order chi connectivity index (χ0) is 23.3. The normalized spacial score (nSPS) is 12.3. The van der Waals surface area contributed by atoms with Gasteiger partial charge in [0.25, 0.3) is 5.91 Å². The van der Waals surface area contributed by atoms with Gasteiger partial charge >= 0.3 is 6.18 Å². The Bertz CT molecular complexity index is 1100. The summed E-state index contributed by atoms with van der Waals surface area (Å²) in [5.74, 6) is -0.928. The number of amides is 1. The number of nitrogens with zero attached hydrogens (tertiary/aromatic N) is 3. The molecule has 3 rings (SSSR count). The highest BCUT2D eigenvalue weighted by atomic mass is 32.1.